The van der Waals surface area contributed by atoms with Crippen LogP contribution in [-0.2, 0) is 11.4 Å². The molecule has 0 radical (unpaired) electrons. The number of benzene rings is 1. The van der Waals surface area contributed by atoms with Gasteiger partial charge in [-0.1, -0.05) is 11.6 Å². The van der Waals surface area contributed by atoms with E-state index in [0.717, 1.165) is 11.1 Å². The number of hydrogen-bond donors (Lipinski definition) is 1. The van der Waals surface area contributed by atoms with E-state index in [9.17, 15) is 4.39 Å². The van der Waals surface area contributed by atoms with Crippen LogP contribution in [0, 0.1) is 19.7 Å². The highest BCUT2D eigenvalue weighted by Gasteiger charge is 2.11. The minimum absolute atomic E-state index is 0.0913. The number of rotatable bonds is 2. The molecule has 0 saturated carbocycles. The fraction of sp³-hybridized carbons (Fsp3) is 0.333. The highest BCUT2D eigenvalue weighted by Crippen LogP contribution is 2.26. The monoisotopic (exact) mass is 203 g/mol. The summed E-state index contributed by atoms with van der Waals surface area (Å²) in [6.45, 7) is 3.80. The first-order chi connectivity index (χ1) is 6.07. The zero-order valence-electron chi connectivity index (χ0n) is 7.53. The zero-order valence-corrected chi connectivity index (χ0v) is 8.28. The summed E-state index contributed by atoms with van der Waals surface area (Å²) in [7, 11) is 0. The first-order valence-corrected chi connectivity index (χ1v) is 4.21. The van der Waals surface area contributed by atoms with Gasteiger partial charge in [0.15, 0.2) is 0 Å². The van der Waals surface area contributed by atoms with E-state index in [4.69, 9.17) is 17.5 Å². The van der Waals surface area contributed by atoms with E-state index >= 15 is 0 Å². The van der Waals surface area contributed by atoms with Crippen molar-refractivity contribution in [1.29, 1.82) is 0 Å². The summed E-state index contributed by atoms with van der Waals surface area (Å²) in [4.78, 5) is 4.45. The van der Waals surface area contributed by atoms with E-state index in [2.05, 4.69) is 4.84 Å². The van der Waals surface area contributed by atoms with Crippen LogP contribution in [0.15, 0.2) is 6.07 Å². The van der Waals surface area contributed by atoms with Gasteiger partial charge in [-0.05, 0) is 31.0 Å². The van der Waals surface area contributed by atoms with Crippen molar-refractivity contribution in [3.63, 3.8) is 0 Å². The topological polar surface area (TPSA) is 35.2 Å². The van der Waals surface area contributed by atoms with Crippen LogP contribution in [0.3, 0.4) is 0 Å². The van der Waals surface area contributed by atoms with Crippen molar-refractivity contribution < 1.29 is 9.23 Å². The summed E-state index contributed by atoms with van der Waals surface area (Å²) in [5, 5.41) is 0.0913. The Hall–Kier alpha value is -0.640. The zero-order chi connectivity index (χ0) is 10.0. The Morgan fingerprint density at radius 3 is 2.69 bits per heavy atom. The van der Waals surface area contributed by atoms with Gasteiger partial charge in [0.05, 0.1) is 11.6 Å². The Bertz CT molecular complexity index is 302. The van der Waals surface area contributed by atoms with Crippen LogP contribution < -0.4 is 5.90 Å². The van der Waals surface area contributed by atoms with Crippen LogP contribution in [0.2, 0.25) is 5.02 Å². The van der Waals surface area contributed by atoms with Crippen molar-refractivity contribution in [2.45, 2.75) is 20.5 Å². The molecule has 0 aliphatic carbocycles. The lowest BCUT2D eigenvalue weighted by molar-refractivity contribution is 0.123. The summed E-state index contributed by atoms with van der Waals surface area (Å²) in [5.41, 5.74) is 2.37. The molecule has 0 saturated heterocycles. The molecule has 1 aromatic rings. The maximum Gasteiger partial charge on any atom is 0.142 e. The van der Waals surface area contributed by atoms with Crippen LogP contribution in [0.5, 0.6) is 0 Å². The first-order valence-electron chi connectivity index (χ1n) is 3.83. The lowest BCUT2D eigenvalue weighted by Crippen LogP contribution is -2.03. The van der Waals surface area contributed by atoms with Crippen molar-refractivity contribution in [2.24, 2.45) is 5.90 Å². The van der Waals surface area contributed by atoms with Crippen molar-refractivity contribution >= 4 is 11.6 Å². The number of halogens is 2. The van der Waals surface area contributed by atoms with Crippen molar-refractivity contribution in [3.8, 4) is 0 Å². The summed E-state index contributed by atoms with van der Waals surface area (Å²) in [5.74, 6) is 4.48. The highest BCUT2D eigenvalue weighted by molar-refractivity contribution is 6.31. The molecule has 4 heteroatoms. The van der Waals surface area contributed by atoms with Gasteiger partial charge in [-0.25, -0.2) is 10.3 Å². The van der Waals surface area contributed by atoms with Crippen LogP contribution in [0.1, 0.15) is 16.7 Å². The first kappa shape index (κ1) is 10.4. The molecule has 13 heavy (non-hydrogen) atoms. The molecular weight excluding hydrogens is 193 g/mol. The lowest BCUT2D eigenvalue weighted by atomic mass is 10.0. The average Bonchev–Trinajstić information content (AvgIpc) is 2.09. The van der Waals surface area contributed by atoms with Crippen molar-refractivity contribution in [3.05, 3.63) is 33.6 Å². The Morgan fingerprint density at radius 1 is 1.54 bits per heavy atom. The molecule has 1 aromatic carbocycles. The molecule has 1 rings (SSSR count). The molecule has 2 N–H and O–H groups in total. The van der Waals surface area contributed by atoms with Gasteiger partial charge in [0, 0.05) is 5.56 Å². The molecule has 72 valence electrons. The molecule has 0 amide bonds. The number of hydrogen-bond acceptors (Lipinski definition) is 2. The Kier molecular flexibility index (Phi) is 3.25. The minimum Gasteiger partial charge on any atom is -0.300 e. The summed E-state index contributed by atoms with van der Waals surface area (Å²) < 4.78 is 13.1. The van der Waals surface area contributed by atoms with Gasteiger partial charge in [0.25, 0.3) is 0 Å². The van der Waals surface area contributed by atoms with E-state index in [0.29, 0.717) is 5.56 Å². The van der Waals surface area contributed by atoms with Gasteiger partial charge < -0.3 is 0 Å². The van der Waals surface area contributed by atoms with Gasteiger partial charge in [0.1, 0.15) is 5.82 Å². The van der Waals surface area contributed by atoms with E-state index in [1.54, 1.807) is 0 Å². The van der Waals surface area contributed by atoms with Crippen molar-refractivity contribution in [2.75, 3.05) is 0 Å². The summed E-state index contributed by atoms with van der Waals surface area (Å²) >= 11 is 5.74. The Labute approximate surface area is 81.4 Å². The smallest absolute Gasteiger partial charge is 0.142 e. The van der Waals surface area contributed by atoms with Crippen LogP contribution >= 0.6 is 11.6 Å². The number of nitrogens with two attached hydrogens (primary N) is 1. The third-order valence-corrected chi connectivity index (χ3v) is 2.50. The largest absolute Gasteiger partial charge is 0.300 e. The third-order valence-electron chi connectivity index (χ3n) is 2.09. The molecule has 0 unspecified atom stereocenters. The molecular formula is C9H11ClFNO. The van der Waals surface area contributed by atoms with E-state index in [-0.39, 0.29) is 11.6 Å². The molecule has 0 aromatic heterocycles. The molecule has 2 nitrogen and oxygen atoms in total. The lowest BCUT2D eigenvalue weighted by Gasteiger charge is -2.10. The van der Waals surface area contributed by atoms with Gasteiger partial charge in [-0.3, -0.25) is 4.84 Å². The Balaban J connectivity index is 3.28. The molecule has 0 bridgehead atoms. The van der Waals surface area contributed by atoms with Gasteiger partial charge in [-0.2, -0.15) is 0 Å². The van der Waals surface area contributed by atoms with Gasteiger partial charge in [0.2, 0.25) is 0 Å². The highest BCUT2D eigenvalue weighted by atomic mass is 35.5. The fourth-order valence-electron chi connectivity index (χ4n) is 1.16. The molecule has 0 aliphatic rings. The summed E-state index contributed by atoms with van der Waals surface area (Å²) in [6, 6.07) is 1.40. The second kappa shape index (κ2) is 4.05. The standard InChI is InChI=1S/C9H11ClFNO/c1-5-3-8(11)9(10)7(4-13-12)6(5)2/h3H,4,12H2,1-2H3. The predicted octanol–water partition coefficient (Wildman–Crippen LogP) is 2.49. The SMILES string of the molecule is Cc1cc(F)c(Cl)c(CON)c1C. The van der Waals surface area contributed by atoms with Crippen molar-refractivity contribution in [1.82, 2.24) is 0 Å². The maximum absolute atomic E-state index is 13.1. The second-order valence-corrected chi connectivity index (χ2v) is 3.28. The van der Waals surface area contributed by atoms with E-state index < -0.39 is 5.82 Å². The fourth-order valence-corrected chi connectivity index (χ4v) is 1.41. The van der Waals surface area contributed by atoms with E-state index in [1.807, 2.05) is 13.8 Å². The van der Waals surface area contributed by atoms with Crippen LogP contribution in [0.25, 0.3) is 0 Å². The quantitative estimate of drug-likeness (QED) is 0.750. The normalized spacial score (nSPS) is 10.5. The minimum atomic E-state index is -0.434. The molecule has 0 heterocycles. The molecule has 0 aliphatic heterocycles. The van der Waals surface area contributed by atoms with Crippen LogP contribution in [0.4, 0.5) is 4.39 Å². The second-order valence-electron chi connectivity index (χ2n) is 2.90. The predicted molar refractivity (Wildman–Crippen MR) is 49.9 cm³/mol. The average molecular weight is 204 g/mol. The number of aryl methyl sites for hydroxylation is 1. The molecule has 0 fully saturated rings. The molecule has 0 spiro atoms. The van der Waals surface area contributed by atoms with Gasteiger partial charge >= 0.3 is 0 Å². The Morgan fingerprint density at radius 2 is 2.15 bits per heavy atom. The summed E-state index contributed by atoms with van der Waals surface area (Å²) in [6.07, 6.45) is 0. The molecule has 0 atom stereocenters. The third kappa shape index (κ3) is 1.99. The maximum atomic E-state index is 13.1. The van der Waals surface area contributed by atoms with Crippen LogP contribution in [-0.4, -0.2) is 0 Å². The van der Waals surface area contributed by atoms with Gasteiger partial charge in [-0.15, -0.1) is 0 Å². The van der Waals surface area contributed by atoms with E-state index in [1.165, 1.54) is 6.07 Å².